The van der Waals surface area contributed by atoms with Crippen molar-refractivity contribution in [2.75, 3.05) is 18.5 Å². The van der Waals surface area contributed by atoms with Gasteiger partial charge in [0, 0.05) is 19.3 Å². The maximum absolute atomic E-state index is 9.75. The molecule has 6 heteroatoms. The van der Waals surface area contributed by atoms with Crippen LogP contribution in [0.3, 0.4) is 0 Å². The Morgan fingerprint density at radius 1 is 1.53 bits per heavy atom. The van der Waals surface area contributed by atoms with Gasteiger partial charge < -0.3 is 15.7 Å². The van der Waals surface area contributed by atoms with Gasteiger partial charge in [-0.25, -0.2) is 9.97 Å². The predicted octanol–water partition coefficient (Wildman–Crippen LogP) is 0.626. The van der Waals surface area contributed by atoms with Crippen molar-refractivity contribution in [3.63, 3.8) is 0 Å². The lowest BCUT2D eigenvalue weighted by Crippen LogP contribution is -2.37. The van der Waals surface area contributed by atoms with E-state index >= 15 is 0 Å². The smallest absolute Gasteiger partial charge is 0.226 e. The number of hydrogen-bond acceptors (Lipinski definition) is 5. The minimum atomic E-state index is -0.814. The van der Waals surface area contributed by atoms with Crippen LogP contribution in [0.1, 0.15) is 25.2 Å². The topological polar surface area (TPSA) is 75.3 Å². The Bertz CT molecular complexity index is 428. The van der Waals surface area contributed by atoms with Crippen molar-refractivity contribution >= 4 is 23.2 Å². The standard InChI is InChI=1S/C11H18N4OS/c1-7-5-8(9(12)17)14-10(13-7)15(4)6-11(2,3)16/h5,16H,6H2,1-4H3,(H2,12,17). The molecule has 1 aromatic heterocycles. The minimum absolute atomic E-state index is 0.244. The Morgan fingerprint density at radius 3 is 2.59 bits per heavy atom. The number of aromatic nitrogens is 2. The summed E-state index contributed by atoms with van der Waals surface area (Å²) in [7, 11) is 1.82. The van der Waals surface area contributed by atoms with Crippen LogP contribution in [0.2, 0.25) is 0 Å². The normalized spacial score (nSPS) is 11.4. The number of likely N-dealkylation sites (N-methyl/N-ethyl adjacent to an activating group) is 1. The molecule has 0 unspecified atom stereocenters. The summed E-state index contributed by atoms with van der Waals surface area (Å²) in [6.07, 6.45) is 0. The maximum Gasteiger partial charge on any atom is 0.226 e. The van der Waals surface area contributed by atoms with Crippen molar-refractivity contribution in [1.82, 2.24) is 9.97 Å². The first-order valence-corrected chi connectivity index (χ1v) is 5.69. The molecular weight excluding hydrogens is 236 g/mol. The molecule has 1 aromatic rings. The highest BCUT2D eigenvalue weighted by Crippen LogP contribution is 2.12. The molecule has 0 spiro atoms. The van der Waals surface area contributed by atoms with Crippen LogP contribution >= 0.6 is 12.2 Å². The third kappa shape index (κ3) is 4.24. The van der Waals surface area contributed by atoms with Gasteiger partial charge in [0.05, 0.1) is 5.60 Å². The summed E-state index contributed by atoms with van der Waals surface area (Å²) in [4.78, 5) is 10.6. The van der Waals surface area contributed by atoms with Crippen LogP contribution in [0.5, 0.6) is 0 Å². The van der Waals surface area contributed by atoms with Gasteiger partial charge in [0.1, 0.15) is 10.7 Å². The SMILES string of the molecule is Cc1cc(C(N)=S)nc(N(C)CC(C)(C)O)n1. The first kappa shape index (κ1) is 13.8. The quantitative estimate of drug-likeness (QED) is 0.768. The molecule has 0 bridgehead atoms. The van der Waals surface area contributed by atoms with Crippen molar-refractivity contribution in [1.29, 1.82) is 0 Å². The highest BCUT2D eigenvalue weighted by molar-refractivity contribution is 7.80. The summed E-state index contributed by atoms with van der Waals surface area (Å²) in [5, 5.41) is 9.75. The van der Waals surface area contributed by atoms with Crippen LogP contribution in [0.15, 0.2) is 6.07 Å². The van der Waals surface area contributed by atoms with Gasteiger partial charge in [0.25, 0.3) is 0 Å². The first-order chi connectivity index (χ1) is 7.69. The number of hydrogen-bond donors (Lipinski definition) is 2. The second-order valence-electron chi connectivity index (χ2n) is 4.73. The van der Waals surface area contributed by atoms with Crippen LogP contribution in [-0.4, -0.2) is 39.3 Å². The summed E-state index contributed by atoms with van der Waals surface area (Å²) in [6, 6.07) is 1.74. The number of thiocarbonyl (C=S) groups is 1. The summed E-state index contributed by atoms with van der Waals surface area (Å²) >= 11 is 4.90. The molecule has 0 saturated carbocycles. The predicted molar refractivity (Wildman–Crippen MR) is 72.2 cm³/mol. The molecule has 5 nitrogen and oxygen atoms in total. The minimum Gasteiger partial charge on any atom is -0.389 e. The third-order valence-electron chi connectivity index (χ3n) is 2.06. The molecule has 0 amide bonds. The Morgan fingerprint density at radius 2 is 2.12 bits per heavy atom. The second kappa shape index (κ2) is 4.93. The average molecular weight is 254 g/mol. The van der Waals surface area contributed by atoms with Crippen molar-refractivity contribution in [3.05, 3.63) is 17.5 Å². The number of aryl methyl sites for hydroxylation is 1. The average Bonchev–Trinajstić information content (AvgIpc) is 2.13. The molecule has 1 heterocycles. The van der Waals surface area contributed by atoms with Gasteiger partial charge in [-0.05, 0) is 26.8 Å². The molecular formula is C11H18N4OS. The molecule has 3 N–H and O–H groups in total. The molecule has 0 aliphatic heterocycles. The highest BCUT2D eigenvalue weighted by atomic mass is 32.1. The van der Waals surface area contributed by atoms with Crippen LogP contribution in [0.25, 0.3) is 0 Å². The largest absolute Gasteiger partial charge is 0.389 e. The fourth-order valence-corrected chi connectivity index (χ4v) is 1.61. The van der Waals surface area contributed by atoms with E-state index in [9.17, 15) is 5.11 Å². The van der Waals surface area contributed by atoms with Crippen molar-refractivity contribution in [2.45, 2.75) is 26.4 Å². The number of aliphatic hydroxyl groups is 1. The molecule has 0 aliphatic carbocycles. The first-order valence-electron chi connectivity index (χ1n) is 5.28. The molecule has 94 valence electrons. The molecule has 1 rings (SSSR count). The van der Waals surface area contributed by atoms with E-state index in [1.807, 2.05) is 14.0 Å². The van der Waals surface area contributed by atoms with Crippen molar-refractivity contribution in [2.24, 2.45) is 5.73 Å². The monoisotopic (exact) mass is 254 g/mol. The zero-order valence-corrected chi connectivity index (χ0v) is 11.4. The van der Waals surface area contributed by atoms with E-state index in [4.69, 9.17) is 18.0 Å². The van der Waals surface area contributed by atoms with E-state index < -0.39 is 5.60 Å². The molecule has 0 fully saturated rings. The van der Waals surface area contributed by atoms with E-state index in [-0.39, 0.29) is 4.99 Å². The second-order valence-corrected chi connectivity index (χ2v) is 5.17. The van der Waals surface area contributed by atoms with Crippen LogP contribution in [-0.2, 0) is 0 Å². The van der Waals surface area contributed by atoms with Crippen LogP contribution in [0, 0.1) is 6.92 Å². The van der Waals surface area contributed by atoms with Crippen LogP contribution in [0.4, 0.5) is 5.95 Å². The van der Waals surface area contributed by atoms with Gasteiger partial charge in [-0.15, -0.1) is 0 Å². The summed E-state index contributed by atoms with van der Waals surface area (Å²) < 4.78 is 0. The zero-order chi connectivity index (χ0) is 13.2. The van der Waals surface area contributed by atoms with Crippen LogP contribution < -0.4 is 10.6 Å². The molecule has 17 heavy (non-hydrogen) atoms. The lowest BCUT2D eigenvalue weighted by molar-refractivity contribution is 0.0882. The van der Waals surface area contributed by atoms with Gasteiger partial charge in [-0.1, -0.05) is 12.2 Å². The van der Waals surface area contributed by atoms with Gasteiger partial charge >= 0.3 is 0 Å². The number of rotatable bonds is 4. The lowest BCUT2D eigenvalue weighted by Gasteiger charge is -2.25. The lowest BCUT2D eigenvalue weighted by atomic mass is 10.1. The fourth-order valence-electron chi connectivity index (χ4n) is 1.50. The Labute approximate surface area is 107 Å². The van der Waals surface area contributed by atoms with E-state index in [0.717, 1.165) is 5.69 Å². The Kier molecular flexibility index (Phi) is 4.00. The van der Waals surface area contributed by atoms with Crippen molar-refractivity contribution in [3.8, 4) is 0 Å². The highest BCUT2D eigenvalue weighted by Gasteiger charge is 2.18. The molecule has 0 saturated heterocycles. The zero-order valence-electron chi connectivity index (χ0n) is 10.6. The van der Waals surface area contributed by atoms with Gasteiger partial charge in [-0.2, -0.15) is 0 Å². The molecule has 0 atom stereocenters. The third-order valence-corrected chi connectivity index (χ3v) is 2.27. The number of nitrogens with two attached hydrogens (primary N) is 1. The van der Waals surface area contributed by atoms with Crippen molar-refractivity contribution < 1.29 is 5.11 Å². The van der Waals surface area contributed by atoms with E-state index in [0.29, 0.717) is 18.2 Å². The summed E-state index contributed by atoms with van der Waals surface area (Å²) in [6.45, 7) is 5.74. The van der Waals surface area contributed by atoms with E-state index in [1.165, 1.54) is 0 Å². The van der Waals surface area contributed by atoms with Gasteiger partial charge in [0.2, 0.25) is 5.95 Å². The van der Waals surface area contributed by atoms with Gasteiger partial charge in [-0.3, -0.25) is 0 Å². The molecule has 0 aromatic carbocycles. The number of nitrogens with zero attached hydrogens (tertiary/aromatic N) is 3. The van der Waals surface area contributed by atoms with E-state index in [1.54, 1.807) is 24.8 Å². The Hall–Kier alpha value is -1.27. The van der Waals surface area contributed by atoms with Gasteiger partial charge in [0.15, 0.2) is 0 Å². The summed E-state index contributed by atoms with van der Waals surface area (Å²) in [5.41, 5.74) is 6.08. The molecule has 0 radical (unpaired) electrons. The molecule has 0 aliphatic rings. The maximum atomic E-state index is 9.75. The summed E-state index contributed by atoms with van der Waals surface area (Å²) in [5.74, 6) is 0.509. The Balaban J connectivity index is 3.01. The van der Waals surface area contributed by atoms with E-state index in [2.05, 4.69) is 9.97 Å². The fraction of sp³-hybridized carbons (Fsp3) is 0.545. The number of anilines is 1.